The van der Waals surface area contributed by atoms with Gasteiger partial charge in [0.1, 0.15) is 0 Å². The molecule has 3 rings (SSSR count). The van der Waals surface area contributed by atoms with E-state index in [0.717, 1.165) is 31.5 Å². The minimum Gasteiger partial charge on any atom is -0.373 e. The first-order valence-corrected chi connectivity index (χ1v) is 8.84. The number of nitrogens with zero attached hydrogens (tertiary/aromatic N) is 1. The van der Waals surface area contributed by atoms with Crippen LogP contribution in [0, 0.1) is 0 Å². The first kappa shape index (κ1) is 16.7. The van der Waals surface area contributed by atoms with Gasteiger partial charge in [-0.05, 0) is 36.1 Å². The number of carbonyl (C=O) groups excluding carboxylic acids is 1. The van der Waals surface area contributed by atoms with E-state index in [9.17, 15) is 4.79 Å². The number of anilines is 1. The van der Waals surface area contributed by atoms with Crippen LogP contribution in [0.4, 0.5) is 5.69 Å². The van der Waals surface area contributed by atoms with Crippen LogP contribution in [0.15, 0.2) is 54.6 Å². The Kier molecular flexibility index (Phi) is 5.65. The Morgan fingerprint density at radius 2 is 1.88 bits per heavy atom. The zero-order chi connectivity index (χ0) is 16.8. The lowest BCUT2D eigenvalue weighted by molar-refractivity contribution is -0.121. The first-order chi connectivity index (χ1) is 11.8. The first-order valence-electron chi connectivity index (χ1n) is 8.84. The number of amides is 1. The predicted molar refractivity (Wildman–Crippen MR) is 97.2 cm³/mol. The van der Waals surface area contributed by atoms with Gasteiger partial charge in [-0.2, -0.15) is 0 Å². The van der Waals surface area contributed by atoms with Crippen molar-refractivity contribution in [2.45, 2.75) is 38.7 Å². The molecule has 3 nitrogen and oxygen atoms in total. The number of hydrogen-bond donors (Lipinski definition) is 0. The van der Waals surface area contributed by atoms with Gasteiger partial charge in [-0.15, -0.1) is 0 Å². The predicted octanol–water partition coefficient (Wildman–Crippen LogP) is 4.52. The zero-order valence-electron chi connectivity index (χ0n) is 14.3. The van der Waals surface area contributed by atoms with Crippen molar-refractivity contribution < 1.29 is 9.53 Å². The van der Waals surface area contributed by atoms with E-state index < -0.39 is 0 Å². The number of rotatable bonds is 6. The maximum atomic E-state index is 13.0. The number of benzene rings is 2. The Bertz CT molecular complexity index is 669. The molecule has 1 unspecified atom stereocenters. The molecule has 1 atom stereocenters. The largest absolute Gasteiger partial charge is 0.373 e. The van der Waals surface area contributed by atoms with Crippen LogP contribution in [-0.2, 0) is 16.0 Å². The molecular formula is C21H25NO2. The van der Waals surface area contributed by atoms with Crippen LogP contribution in [0.2, 0.25) is 0 Å². The van der Waals surface area contributed by atoms with Gasteiger partial charge in [0.15, 0.2) is 0 Å². The molecule has 0 saturated carbocycles. The van der Waals surface area contributed by atoms with Gasteiger partial charge in [0.25, 0.3) is 0 Å². The van der Waals surface area contributed by atoms with E-state index in [4.69, 9.17) is 4.74 Å². The van der Waals surface area contributed by atoms with Gasteiger partial charge in [-0.1, -0.05) is 55.8 Å². The molecule has 1 aliphatic heterocycles. The smallest absolute Gasteiger partial charge is 0.229 e. The summed E-state index contributed by atoms with van der Waals surface area (Å²) in [7, 11) is 0. The molecule has 3 heteroatoms. The molecule has 1 amide bonds. The molecule has 2 aromatic rings. The second-order valence-electron chi connectivity index (χ2n) is 6.25. The number of fused-ring (bicyclic) bond motifs is 1. The zero-order valence-corrected chi connectivity index (χ0v) is 14.3. The molecule has 0 aromatic heterocycles. The normalized spacial score (nSPS) is 16.5. The third-order valence-corrected chi connectivity index (χ3v) is 4.56. The number of ether oxygens (including phenoxy) is 1. The molecule has 0 bridgehead atoms. The summed E-state index contributed by atoms with van der Waals surface area (Å²) < 4.78 is 5.92. The van der Waals surface area contributed by atoms with Gasteiger partial charge >= 0.3 is 0 Å². The summed E-state index contributed by atoms with van der Waals surface area (Å²) in [5.74, 6) is 0.136. The van der Waals surface area contributed by atoms with Crippen LogP contribution >= 0.6 is 0 Å². The topological polar surface area (TPSA) is 29.5 Å². The number of unbranched alkanes of at least 4 members (excludes halogenated alkanes) is 1. The molecule has 0 radical (unpaired) electrons. The minimum absolute atomic E-state index is 0.129. The van der Waals surface area contributed by atoms with Crippen molar-refractivity contribution in [3.63, 3.8) is 0 Å². The monoisotopic (exact) mass is 323 g/mol. The highest BCUT2D eigenvalue weighted by atomic mass is 16.5. The third-order valence-electron chi connectivity index (χ3n) is 4.56. The van der Waals surface area contributed by atoms with Crippen molar-refractivity contribution in [3.05, 3.63) is 65.7 Å². The summed E-state index contributed by atoms with van der Waals surface area (Å²) in [5.41, 5.74) is 3.45. The Balaban J connectivity index is 1.77. The van der Waals surface area contributed by atoms with Gasteiger partial charge in [0.2, 0.25) is 5.91 Å². The van der Waals surface area contributed by atoms with E-state index in [0.29, 0.717) is 13.0 Å². The molecular weight excluding hydrogens is 298 g/mol. The van der Waals surface area contributed by atoms with E-state index in [1.165, 1.54) is 11.1 Å². The highest BCUT2D eigenvalue weighted by Gasteiger charge is 2.26. The van der Waals surface area contributed by atoms with E-state index in [2.05, 4.69) is 25.1 Å². The lowest BCUT2D eigenvalue weighted by atomic mass is 9.95. The van der Waals surface area contributed by atoms with Crippen LogP contribution in [0.25, 0.3) is 0 Å². The molecule has 24 heavy (non-hydrogen) atoms. The second-order valence-corrected chi connectivity index (χ2v) is 6.25. The molecule has 0 fully saturated rings. The summed E-state index contributed by atoms with van der Waals surface area (Å²) in [5, 5.41) is 0. The fraction of sp³-hybridized carbons (Fsp3) is 0.381. The second kappa shape index (κ2) is 8.11. The summed E-state index contributed by atoms with van der Waals surface area (Å²) in [4.78, 5) is 14.9. The van der Waals surface area contributed by atoms with E-state index in [1.54, 1.807) is 0 Å². The maximum Gasteiger partial charge on any atom is 0.229 e. The molecule has 0 N–H and O–H groups in total. The number of hydrogen-bond acceptors (Lipinski definition) is 2. The van der Waals surface area contributed by atoms with Crippen LogP contribution in [0.1, 0.15) is 43.4 Å². The van der Waals surface area contributed by atoms with Crippen molar-refractivity contribution in [2.24, 2.45) is 0 Å². The Hall–Kier alpha value is -2.13. The minimum atomic E-state index is -0.129. The van der Waals surface area contributed by atoms with E-state index >= 15 is 0 Å². The van der Waals surface area contributed by atoms with Crippen molar-refractivity contribution in [2.75, 3.05) is 18.1 Å². The van der Waals surface area contributed by atoms with E-state index in [-0.39, 0.29) is 12.0 Å². The highest BCUT2D eigenvalue weighted by molar-refractivity contribution is 5.93. The van der Waals surface area contributed by atoms with Gasteiger partial charge in [0.05, 0.1) is 19.1 Å². The molecule has 1 heterocycles. The molecule has 0 aliphatic carbocycles. The van der Waals surface area contributed by atoms with Crippen LogP contribution in [-0.4, -0.2) is 19.1 Å². The van der Waals surface area contributed by atoms with Gasteiger partial charge in [0, 0.05) is 12.2 Å². The molecule has 126 valence electrons. The fourth-order valence-corrected chi connectivity index (χ4v) is 3.24. The summed E-state index contributed by atoms with van der Waals surface area (Å²) in [6.07, 6.45) is 3.27. The van der Waals surface area contributed by atoms with Crippen molar-refractivity contribution in [3.8, 4) is 0 Å². The lowest BCUT2D eigenvalue weighted by Crippen LogP contribution is -2.34. The van der Waals surface area contributed by atoms with Crippen LogP contribution in [0.3, 0.4) is 0 Å². The fourth-order valence-electron chi connectivity index (χ4n) is 3.24. The SMILES string of the molecule is CCCCN(C(=O)CC1OCCc2ccccc21)c1ccccc1. The molecule has 2 aromatic carbocycles. The lowest BCUT2D eigenvalue weighted by Gasteiger charge is -2.29. The average Bonchev–Trinajstić information content (AvgIpc) is 2.63. The summed E-state index contributed by atoms with van der Waals surface area (Å²) in [6, 6.07) is 18.3. The van der Waals surface area contributed by atoms with Crippen LogP contribution < -0.4 is 4.90 Å². The summed E-state index contributed by atoms with van der Waals surface area (Å²) in [6.45, 7) is 3.59. The highest BCUT2D eigenvalue weighted by Crippen LogP contribution is 2.30. The number of carbonyl (C=O) groups is 1. The van der Waals surface area contributed by atoms with Crippen molar-refractivity contribution >= 4 is 11.6 Å². The quantitative estimate of drug-likeness (QED) is 0.782. The number of para-hydroxylation sites is 1. The summed E-state index contributed by atoms with van der Waals surface area (Å²) >= 11 is 0. The Morgan fingerprint density at radius 3 is 2.67 bits per heavy atom. The third kappa shape index (κ3) is 3.85. The van der Waals surface area contributed by atoms with Crippen molar-refractivity contribution in [1.29, 1.82) is 0 Å². The average molecular weight is 323 g/mol. The molecule has 0 saturated heterocycles. The van der Waals surface area contributed by atoms with Gasteiger partial charge in [-0.25, -0.2) is 0 Å². The Labute approximate surface area is 144 Å². The van der Waals surface area contributed by atoms with Crippen molar-refractivity contribution in [1.82, 2.24) is 0 Å². The maximum absolute atomic E-state index is 13.0. The van der Waals surface area contributed by atoms with E-state index in [1.807, 2.05) is 41.3 Å². The van der Waals surface area contributed by atoms with Gasteiger partial charge in [-0.3, -0.25) is 4.79 Å². The van der Waals surface area contributed by atoms with Crippen LogP contribution in [0.5, 0.6) is 0 Å². The standard InChI is InChI=1S/C21H25NO2/c1-2-3-14-22(18-10-5-4-6-11-18)21(23)16-20-19-12-8-7-9-17(19)13-15-24-20/h4-12,20H,2-3,13-16H2,1H3. The Morgan fingerprint density at radius 1 is 1.12 bits per heavy atom. The molecule has 0 spiro atoms. The molecule has 1 aliphatic rings. The van der Waals surface area contributed by atoms with Gasteiger partial charge < -0.3 is 9.64 Å².